The van der Waals surface area contributed by atoms with Gasteiger partial charge in [-0.05, 0) is 13.0 Å². The highest BCUT2D eigenvalue weighted by Gasteiger charge is 2.23. The van der Waals surface area contributed by atoms with Crippen LogP contribution in [-0.4, -0.2) is 17.5 Å². The SMILES string of the molecule is CCOC(=O)c1c(-c2cccc([N+](=O)[O-])c2)oc2ccccc12. The Morgan fingerprint density at radius 3 is 2.74 bits per heavy atom. The maximum Gasteiger partial charge on any atom is 0.342 e. The molecule has 0 aliphatic heterocycles. The summed E-state index contributed by atoms with van der Waals surface area (Å²) in [6.45, 7) is 1.94. The van der Waals surface area contributed by atoms with E-state index in [2.05, 4.69) is 0 Å². The Morgan fingerprint density at radius 1 is 1.22 bits per heavy atom. The number of non-ortho nitro benzene ring substituents is 1. The number of nitrogens with zero attached hydrogens (tertiary/aromatic N) is 1. The maximum atomic E-state index is 12.3. The molecule has 0 saturated heterocycles. The van der Waals surface area contributed by atoms with Crippen LogP contribution in [0.5, 0.6) is 0 Å². The molecule has 0 aliphatic carbocycles. The minimum Gasteiger partial charge on any atom is -0.462 e. The van der Waals surface area contributed by atoms with Gasteiger partial charge >= 0.3 is 5.97 Å². The van der Waals surface area contributed by atoms with Crippen LogP contribution in [0.15, 0.2) is 52.9 Å². The molecule has 6 heteroatoms. The molecule has 0 unspecified atom stereocenters. The Kier molecular flexibility index (Phi) is 3.80. The number of para-hydroxylation sites is 1. The molecule has 23 heavy (non-hydrogen) atoms. The van der Waals surface area contributed by atoms with Gasteiger partial charge in [0.25, 0.3) is 5.69 Å². The molecule has 1 aromatic heterocycles. The van der Waals surface area contributed by atoms with Crippen molar-refractivity contribution < 1.29 is 18.9 Å². The van der Waals surface area contributed by atoms with E-state index in [1.54, 1.807) is 43.3 Å². The van der Waals surface area contributed by atoms with E-state index in [4.69, 9.17) is 9.15 Å². The largest absolute Gasteiger partial charge is 0.462 e. The van der Waals surface area contributed by atoms with Crippen molar-refractivity contribution in [2.75, 3.05) is 6.61 Å². The summed E-state index contributed by atoms with van der Waals surface area (Å²) in [5, 5.41) is 11.6. The molecule has 2 aromatic carbocycles. The van der Waals surface area contributed by atoms with E-state index in [-0.39, 0.29) is 23.6 Å². The number of furan rings is 1. The highest BCUT2D eigenvalue weighted by Crippen LogP contribution is 2.35. The Balaban J connectivity index is 2.24. The summed E-state index contributed by atoms with van der Waals surface area (Å²) in [6.07, 6.45) is 0. The Hall–Kier alpha value is -3.15. The van der Waals surface area contributed by atoms with E-state index in [1.807, 2.05) is 0 Å². The normalized spacial score (nSPS) is 10.7. The van der Waals surface area contributed by atoms with Gasteiger partial charge < -0.3 is 9.15 Å². The number of hydrogen-bond donors (Lipinski definition) is 0. The molecule has 0 aliphatic rings. The first-order valence-corrected chi connectivity index (χ1v) is 7.05. The van der Waals surface area contributed by atoms with Crippen LogP contribution < -0.4 is 0 Å². The predicted octanol–water partition coefficient (Wildman–Crippen LogP) is 4.18. The molecule has 0 fully saturated rings. The lowest BCUT2D eigenvalue weighted by Gasteiger charge is -2.03. The van der Waals surface area contributed by atoms with E-state index in [9.17, 15) is 14.9 Å². The first-order chi connectivity index (χ1) is 11.1. The third-order valence-electron chi connectivity index (χ3n) is 3.39. The van der Waals surface area contributed by atoms with Crippen molar-refractivity contribution in [2.24, 2.45) is 0 Å². The van der Waals surface area contributed by atoms with Crippen LogP contribution in [0.2, 0.25) is 0 Å². The van der Waals surface area contributed by atoms with Gasteiger partial charge in [0.1, 0.15) is 16.9 Å². The second kappa shape index (κ2) is 5.92. The minimum absolute atomic E-state index is 0.0715. The van der Waals surface area contributed by atoms with E-state index in [0.717, 1.165) is 0 Å². The molecule has 0 radical (unpaired) electrons. The third kappa shape index (κ3) is 2.66. The third-order valence-corrected chi connectivity index (χ3v) is 3.39. The molecular weight excluding hydrogens is 298 g/mol. The molecular formula is C17H13NO5. The molecule has 1 heterocycles. The zero-order valence-electron chi connectivity index (χ0n) is 12.3. The maximum absolute atomic E-state index is 12.3. The molecule has 0 saturated carbocycles. The lowest BCUT2D eigenvalue weighted by atomic mass is 10.1. The number of nitro benzene ring substituents is 1. The van der Waals surface area contributed by atoms with Crippen molar-refractivity contribution in [1.29, 1.82) is 0 Å². The molecule has 0 amide bonds. The van der Waals surface area contributed by atoms with Crippen molar-refractivity contribution in [3.63, 3.8) is 0 Å². The number of esters is 1. The summed E-state index contributed by atoms with van der Waals surface area (Å²) >= 11 is 0. The van der Waals surface area contributed by atoms with Gasteiger partial charge in [0.2, 0.25) is 0 Å². The van der Waals surface area contributed by atoms with Crippen LogP contribution in [0.3, 0.4) is 0 Å². The summed E-state index contributed by atoms with van der Waals surface area (Å²) < 4.78 is 10.9. The quantitative estimate of drug-likeness (QED) is 0.410. The van der Waals surface area contributed by atoms with E-state index in [0.29, 0.717) is 16.5 Å². The van der Waals surface area contributed by atoms with E-state index < -0.39 is 10.9 Å². The predicted molar refractivity (Wildman–Crippen MR) is 84.3 cm³/mol. The summed E-state index contributed by atoms with van der Waals surface area (Å²) in [5.74, 6) is -0.243. The van der Waals surface area contributed by atoms with Crippen molar-refractivity contribution in [1.82, 2.24) is 0 Å². The van der Waals surface area contributed by atoms with Gasteiger partial charge in [0.05, 0.1) is 11.5 Å². The van der Waals surface area contributed by atoms with Gasteiger partial charge in [0, 0.05) is 23.1 Å². The number of carbonyl (C=O) groups is 1. The number of rotatable bonds is 4. The lowest BCUT2D eigenvalue weighted by Crippen LogP contribution is -2.05. The fourth-order valence-electron chi connectivity index (χ4n) is 2.42. The second-order valence-corrected chi connectivity index (χ2v) is 4.83. The van der Waals surface area contributed by atoms with Gasteiger partial charge in [-0.2, -0.15) is 0 Å². The van der Waals surface area contributed by atoms with Crippen LogP contribution in [0, 0.1) is 10.1 Å². The topological polar surface area (TPSA) is 82.6 Å². The van der Waals surface area contributed by atoms with Gasteiger partial charge in [0.15, 0.2) is 0 Å². The Morgan fingerprint density at radius 2 is 2.00 bits per heavy atom. The fraction of sp³-hybridized carbons (Fsp3) is 0.118. The second-order valence-electron chi connectivity index (χ2n) is 4.83. The molecule has 3 aromatic rings. The standard InChI is InChI=1S/C17H13NO5/c1-2-22-17(19)15-13-8-3-4-9-14(13)23-16(15)11-6-5-7-12(10-11)18(20)21/h3-10H,2H2,1H3. The number of nitro groups is 1. The van der Waals surface area contributed by atoms with Crippen molar-refractivity contribution in [2.45, 2.75) is 6.92 Å². The summed E-state index contributed by atoms with van der Waals surface area (Å²) in [5.41, 5.74) is 1.19. The number of fused-ring (bicyclic) bond motifs is 1. The van der Waals surface area contributed by atoms with E-state index >= 15 is 0 Å². The minimum atomic E-state index is -0.515. The van der Waals surface area contributed by atoms with Crippen molar-refractivity contribution in [3.8, 4) is 11.3 Å². The summed E-state index contributed by atoms with van der Waals surface area (Å²) in [4.78, 5) is 22.8. The monoisotopic (exact) mass is 311 g/mol. The summed E-state index contributed by atoms with van der Waals surface area (Å²) in [6, 6.07) is 13.0. The smallest absolute Gasteiger partial charge is 0.342 e. The van der Waals surface area contributed by atoms with Crippen molar-refractivity contribution >= 4 is 22.6 Å². The number of ether oxygens (including phenoxy) is 1. The fourth-order valence-corrected chi connectivity index (χ4v) is 2.42. The van der Waals surface area contributed by atoms with Crippen LogP contribution in [0.4, 0.5) is 5.69 Å². The van der Waals surface area contributed by atoms with E-state index in [1.165, 1.54) is 12.1 Å². The molecule has 116 valence electrons. The molecule has 0 atom stereocenters. The van der Waals surface area contributed by atoms with Gasteiger partial charge in [-0.25, -0.2) is 4.79 Å². The highest BCUT2D eigenvalue weighted by atomic mass is 16.6. The van der Waals surface area contributed by atoms with Crippen LogP contribution in [0.1, 0.15) is 17.3 Å². The average molecular weight is 311 g/mol. The van der Waals surface area contributed by atoms with Gasteiger partial charge in [-0.15, -0.1) is 0 Å². The lowest BCUT2D eigenvalue weighted by molar-refractivity contribution is -0.384. The average Bonchev–Trinajstić information content (AvgIpc) is 2.94. The number of hydrogen-bond acceptors (Lipinski definition) is 5. The zero-order valence-corrected chi connectivity index (χ0v) is 12.3. The molecule has 0 N–H and O–H groups in total. The number of carbonyl (C=O) groups excluding carboxylic acids is 1. The first-order valence-electron chi connectivity index (χ1n) is 7.05. The molecule has 3 rings (SSSR count). The number of benzene rings is 2. The molecule has 0 bridgehead atoms. The Bertz CT molecular complexity index is 897. The van der Waals surface area contributed by atoms with Gasteiger partial charge in [-0.3, -0.25) is 10.1 Å². The van der Waals surface area contributed by atoms with Gasteiger partial charge in [-0.1, -0.05) is 30.3 Å². The zero-order chi connectivity index (χ0) is 16.4. The van der Waals surface area contributed by atoms with Crippen LogP contribution >= 0.6 is 0 Å². The van der Waals surface area contributed by atoms with Crippen molar-refractivity contribution in [3.05, 3.63) is 64.2 Å². The first kappa shape index (κ1) is 14.8. The van der Waals surface area contributed by atoms with Crippen LogP contribution in [0.25, 0.3) is 22.3 Å². The summed E-state index contributed by atoms with van der Waals surface area (Å²) in [7, 11) is 0. The molecule has 0 spiro atoms. The highest BCUT2D eigenvalue weighted by molar-refractivity contribution is 6.08. The van der Waals surface area contributed by atoms with Crippen LogP contribution in [-0.2, 0) is 4.74 Å². The molecule has 6 nitrogen and oxygen atoms in total. The Labute approximate surface area is 131 Å².